The van der Waals surface area contributed by atoms with Crippen LogP contribution < -0.4 is 0 Å². The van der Waals surface area contributed by atoms with Crippen molar-refractivity contribution in [3.63, 3.8) is 0 Å². The highest BCUT2D eigenvalue weighted by atomic mass is 16.7. The van der Waals surface area contributed by atoms with E-state index < -0.39 is 71.7 Å². The number of esters is 1. The van der Waals surface area contributed by atoms with E-state index in [2.05, 4.69) is 11.1 Å². The number of cyclic esters (lactones) is 1. The molecular weight excluding hydrogens is 702 g/mol. The number of pyridine rings is 1. The number of likely N-dealkylation sites (N-methyl/N-ethyl adjacent to an activating group) is 1. The fraction of sp³-hybridized carbons (Fsp3) is 0.674. The third kappa shape index (κ3) is 8.94. The van der Waals surface area contributed by atoms with Crippen molar-refractivity contribution in [2.75, 3.05) is 27.7 Å². The van der Waals surface area contributed by atoms with Gasteiger partial charge in [0, 0.05) is 54.6 Å². The molecular formula is C43H63N3O9. The van der Waals surface area contributed by atoms with E-state index in [1.165, 1.54) is 0 Å². The molecule has 304 valence electrons. The second kappa shape index (κ2) is 17.4. The molecule has 2 fully saturated rings. The van der Waals surface area contributed by atoms with Crippen molar-refractivity contribution in [3.05, 3.63) is 53.7 Å². The van der Waals surface area contributed by atoms with Crippen LogP contribution in [0.4, 0.5) is 4.79 Å². The van der Waals surface area contributed by atoms with Crippen molar-refractivity contribution in [3.8, 4) is 0 Å². The van der Waals surface area contributed by atoms with Gasteiger partial charge in [-0.3, -0.25) is 9.78 Å². The highest BCUT2D eigenvalue weighted by molar-refractivity contribution is 5.88. The Morgan fingerprint density at radius 2 is 1.80 bits per heavy atom. The molecule has 3 aliphatic rings. The summed E-state index contributed by atoms with van der Waals surface area (Å²) in [4.78, 5) is 50.6. The van der Waals surface area contributed by atoms with Gasteiger partial charge in [0.25, 0.3) is 0 Å². The predicted molar refractivity (Wildman–Crippen MR) is 209 cm³/mol. The van der Waals surface area contributed by atoms with Crippen molar-refractivity contribution < 1.29 is 43.2 Å². The first kappa shape index (κ1) is 42.7. The van der Waals surface area contributed by atoms with E-state index in [1.807, 2.05) is 91.0 Å². The van der Waals surface area contributed by atoms with Gasteiger partial charge in [0.1, 0.15) is 18.0 Å². The van der Waals surface area contributed by atoms with Crippen LogP contribution in [0.15, 0.2) is 48.2 Å². The number of hydrogen-bond acceptors (Lipinski definition) is 11. The standard InChI is InChI=1S/C43H63N3O9/c1-12-34-43(8)37(46(41(50)55-43)19-15-16-30-22-31-17-13-14-18-32(31)44-24-30)29(6)35(47)27(4)23-42(7,51-11)38(25(2)20-26(3)39(49)53-34)54-40-36(48)33(45(9)10)21-28(5)52-40/h13-14,17-18,20,22,24-25,27-29,33-34,36-38,40,48H,12,15-16,19,21,23H2,1-11H3/b26-20+/t25-,27+,28+,29-,33-,34+,36+,37+,38+,40-,42-,43+/m0/s1. The normalized spacial score (nSPS) is 37.6. The molecule has 12 nitrogen and oxygen atoms in total. The van der Waals surface area contributed by atoms with Crippen LogP contribution >= 0.6 is 0 Å². The lowest BCUT2D eigenvalue weighted by molar-refractivity contribution is -0.294. The summed E-state index contributed by atoms with van der Waals surface area (Å²) in [5, 5.41) is 12.5. The van der Waals surface area contributed by atoms with Gasteiger partial charge in [0.2, 0.25) is 0 Å². The molecule has 0 radical (unpaired) electrons. The zero-order chi connectivity index (χ0) is 40.4. The van der Waals surface area contributed by atoms with E-state index in [0.717, 1.165) is 16.5 Å². The van der Waals surface area contributed by atoms with Gasteiger partial charge in [-0.25, -0.2) is 9.59 Å². The number of benzene rings is 1. The molecule has 5 rings (SSSR count). The summed E-state index contributed by atoms with van der Waals surface area (Å²) in [5.74, 6) is -2.30. The number of rotatable bonds is 9. The van der Waals surface area contributed by atoms with Gasteiger partial charge in [0.05, 0.1) is 29.4 Å². The third-order valence-corrected chi connectivity index (χ3v) is 12.3. The molecule has 0 spiro atoms. The first-order valence-corrected chi connectivity index (χ1v) is 19.9. The highest BCUT2D eigenvalue weighted by Crippen LogP contribution is 2.43. The van der Waals surface area contributed by atoms with Crippen LogP contribution in [0.3, 0.4) is 0 Å². The molecule has 12 heteroatoms. The maximum Gasteiger partial charge on any atom is 0.410 e. The van der Waals surface area contributed by atoms with Crippen LogP contribution in [0.1, 0.15) is 86.6 Å². The number of carbonyl (C=O) groups excluding carboxylic acids is 3. The summed E-state index contributed by atoms with van der Waals surface area (Å²) in [6.45, 7) is 15.2. The molecule has 1 aromatic carbocycles. The molecule has 4 heterocycles. The Labute approximate surface area is 326 Å². The minimum Gasteiger partial charge on any atom is -0.455 e. The molecule has 1 aromatic heterocycles. The van der Waals surface area contributed by atoms with Crippen LogP contribution in [0.5, 0.6) is 0 Å². The van der Waals surface area contributed by atoms with Gasteiger partial charge in [-0.15, -0.1) is 0 Å². The van der Waals surface area contributed by atoms with E-state index in [9.17, 15) is 19.5 Å². The maximum absolute atomic E-state index is 14.7. The molecule has 1 amide bonds. The summed E-state index contributed by atoms with van der Waals surface area (Å²) in [6.07, 6.45) is 1.95. The number of amides is 1. The number of hydrogen-bond donors (Lipinski definition) is 1. The molecule has 0 saturated carbocycles. The second-order valence-corrected chi connectivity index (χ2v) is 16.8. The molecule has 55 heavy (non-hydrogen) atoms. The first-order valence-electron chi connectivity index (χ1n) is 19.9. The first-order chi connectivity index (χ1) is 25.9. The number of ether oxygens (including phenoxy) is 5. The van der Waals surface area contributed by atoms with Crippen molar-refractivity contribution in [2.24, 2.45) is 17.8 Å². The number of para-hydroxylation sites is 1. The topological polar surface area (TPSA) is 137 Å². The van der Waals surface area contributed by atoms with Gasteiger partial charge in [0.15, 0.2) is 11.9 Å². The zero-order valence-corrected chi connectivity index (χ0v) is 34.6. The molecule has 2 aromatic rings. The summed E-state index contributed by atoms with van der Waals surface area (Å²) < 4.78 is 31.6. The van der Waals surface area contributed by atoms with Crippen molar-refractivity contribution in [1.29, 1.82) is 0 Å². The average Bonchev–Trinajstić information content (AvgIpc) is 3.41. The van der Waals surface area contributed by atoms with Gasteiger partial charge in [-0.05, 0) is 91.6 Å². The largest absolute Gasteiger partial charge is 0.455 e. The number of nitrogens with zero attached hydrogens (tertiary/aromatic N) is 3. The van der Waals surface area contributed by atoms with Gasteiger partial charge in [-0.2, -0.15) is 0 Å². The van der Waals surface area contributed by atoms with Gasteiger partial charge in [-0.1, -0.05) is 52.0 Å². The Morgan fingerprint density at radius 3 is 2.47 bits per heavy atom. The Morgan fingerprint density at radius 1 is 1.09 bits per heavy atom. The van der Waals surface area contributed by atoms with E-state index >= 15 is 0 Å². The number of Topliss-reactive ketones (excluding diaryl/α,β-unsaturated/α-hetero) is 1. The monoisotopic (exact) mass is 765 g/mol. The molecule has 0 aliphatic carbocycles. The summed E-state index contributed by atoms with van der Waals surface area (Å²) in [7, 11) is 5.42. The Hall–Kier alpha value is -3.42. The molecule has 3 aliphatic heterocycles. The highest BCUT2D eigenvalue weighted by Gasteiger charge is 2.60. The molecule has 0 bridgehead atoms. The molecule has 1 N–H and O–H groups in total. The fourth-order valence-corrected chi connectivity index (χ4v) is 9.32. The van der Waals surface area contributed by atoms with Crippen molar-refractivity contribution >= 4 is 28.7 Å². The molecule has 2 saturated heterocycles. The summed E-state index contributed by atoms with van der Waals surface area (Å²) in [6, 6.07) is 9.13. The average molecular weight is 766 g/mol. The number of aliphatic hydroxyl groups excluding tert-OH is 1. The number of methoxy groups -OCH3 is 1. The van der Waals surface area contributed by atoms with E-state index in [-0.39, 0.29) is 24.3 Å². The lowest BCUT2D eigenvalue weighted by Crippen LogP contribution is -2.59. The van der Waals surface area contributed by atoms with Crippen molar-refractivity contribution in [2.45, 2.75) is 141 Å². The SMILES string of the molecule is CC[C@H]1OC(=O)/C(C)=C/[C@H](C)[C@@H](O[C@@H]2O[C@H](C)C[C@H](N(C)C)[C@H]2O)[C@@](C)(OC)C[C@@H](C)C(=O)[C@H](C)[C@H]2N(CCCc3cnc4ccccc4c3)C(=O)O[C@]12C. The number of ketones is 1. The predicted octanol–water partition coefficient (Wildman–Crippen LogP) is 6.11. The van der Waals surface area contributed by atoms with E-state index in [1.54, 1.807) is 31.9 Å². The Balaban J connectivity index is 1.48. The van der Waals surface area contributed by atoms with E-state index in [4.69, 9.17) is 23.7 Å². The van der Waals surface area contributed by atoms with Gasteiger partial charge >= 0.3 is 12.1 Å². The Bertz CT molecular complexity index is 1720. The maximum atomic E-state index is 14.7. The number of aromatic nitrogens is 1. The minimum absolute atomic E-state index is 0.0758. The van der Waals surface area contributed by atoms with Crippen LogP contribution in [-0.2, 0) is 39.7 Å². The lowest BCUT2D eigenvalue weighted by atomic mass is 9.74. The number of aryl methyl sites for hydroxylation is 1. The van der Waals surface area contributed by atoms with Crippen LogP contribution in [0, 0.1) is 17.8 Å². The Kier molecular flexibility index (Phi) is 13.5. The molecule has 0 unspecified atom stereocenters. The van der Waals surface area contributed by atoms with Crippen LogP contribution in [-0.4, -0.2) is 119 Å². The number of aliphatic hydroxyl groups is 1. The number of carbonyl (C=O) groups is 3. The third-order valence-electron chi connectivity index (χ3n) is 12.3. The molecule has 12 atom stereocenters. The smallest absolute Gasteiger partial charge is 0.410 e. The zero-order valence-electron chi connectivity index (χ0n) is 34.6. The second-order valence-electron chi connectivity index (χ2n) is 16.8. The van der Waals surface area contributed by atoms with E-state index in [0.29, 0.717) is 37.8 Å². The van der Waals surface area contributed by atoms with Crippen molar-refractivity contribution in [1.82, 2.24) is 14.8 Å². The summed E-state index contributed by atoms with van der Waals surface area (Å²) in [5.41, 5.74) is -0.0613. The van der Waals surface area contributed by atoms with Crippen LogP contribution in [0.25, 0.3) is 10.9 Å². The fourth-order valence-electron chi connectivity index (χ4n) is 9.32. The van der Waals surface area contributed by atoms with Gasteiger partial charge < -0.3 is 38.6 Å². The lowest BCUT2D eigenvalue weighted by Gasteiger charge is -2.47. The quantitative estimate of drug-likeness (QED) is 0.296. The summed E-state index contributed by atoms with van der Waals surface area (Å²) >= 11 is 0. The van der Waals surface area contributed by atoms with Crippen LogP contribution in [0.2, 0.25) is 0 Å². The minimum atomic E-state index is -1.30. The number of fused-ring (bicyclic) bond motifs is 2.